The highest BCUT2D eigenvalue weighted by Crippen LogP contribution is 2.43. The van der Waals surface area contributed by atoms with Gasteiger partial charge in [-0.05, 0) is 70.6 Å². The number of unbranched alkanes of at least 4 members (excludes halogenated alkanes) is 14. The lowest BCUT2D eigenvalue weighted by molar-refractivity contribution is -0.870. The molecule has 9 heteroatoms. The van der Waals surface area contributed by atoms with Crippen LogP contribution < -0.4 is 5.32 Å². The molecule has 0 aromatic rings. The molecule has 8 nitrogen and oxygen atoms in total. The molecule has 0 radical (unpaired) electrons. The fraction of sp³-hybridized carbons (Fsp3) is 0.700. The average Bonchev–Trinajstić information content (AvgIpc) is 3.19. The van der Waals surface area contributed by atoms with Gasteiger partial charge < -0.3 is 19.8 Å². The zero-order valence-electron chi connectivity index (χ0n) is 38.5. The Kier molecular flexibility index (Phi) is 39.4. The van der Waals surface area contributed by atoms with E-state index in [4.69, 9.17) is 9.05 Å². The van der Waals surface area contributed by atoms with Crippen molar-refractivity contribution in [2.75, 3.05) is 40.9 Å². The number of hydrogen-bond donors (Lipinski definition) is 3. The van der Waals surface area contributed by atoms with Gasteiger partial charge in [0.25, 0.3) is 0 Å². The van der Waals surface area contributed by atoms with Crippen molar-refractivity contribution < 1.29 is 32.9 Å². The maximum Gasteiger partial charge on any atom is 0.472 e. The summed E-state index contributed by atoms with van der Waals surface area (Å²) in [6.45, 7) is 4.62. The molecule has 0 saturated carbocycles. The number of phosphoric ester groups is 1. The van der Waals surface area contributed by atoms with Crippen molar-refractivity contribution in [3.8, 4) is 0 Å². The van der Waals surface area contributed by atoms with Crippen molar-refractivity contribution in [3.05, 3.63) is 85.1 Å². The number of likely N-dealkylation sites (N-methyl/N-ethyl adjacent to an activating group) is 1. The SMILES string of the molecule is CC/C=C\C/C=C\C/C=C\C/C=C\C/C=C\C/C=C\C/C=C\CCCCCCCCCCCCCC(=O)NC(COP(=O)(O)OCC[N+](C)(C)C)C(O)CCCCCC. The molecule has 0 heterocycles. The van der Waals surface area contributed by atoms with E-state index in [-0.39, 0.29) is 19.1 Å². The summed E-state index contributed by atoms with van der Waals surface area (Å²) in [6.07, 6.45) is 56.9. The summed E-state index contributed by atoms with van der Waals surface area (Å²) >= 11 is 0. The van der Waals surface area contributed by atoms with Gasteiger partial charge in [-0.2, -0.15) is 0 Å². The number of allylic oxidation sites excluding steroid dienone is 14. The lowest BCUT2D eigenvalue weighted by Crippen LogP contribution is -2.46. The first-order chi connectivity index (χ1) is 28.5. The molecule has 0 bridgehead atoms. The summed E-state index contributed by atoms with van der Waals surface area (Å²) < 4.78 is 23.4. The van der Waals surface area contributed by atoms with Crippen molar-refractivity contribution in [1.29, 1.82) is 0 Å². The van der Waals surface area contributed by atoms with Crippen LogP contribution in [0.15, 0.2) is 85.1 Å². The quantitative estimate of drug-likeness (QED) is 0.0245. The van der Waals surface area contributed by atoms with Crippen molar-refractivity contribution in [1.82, 2.24) is 5.32 Å². The Labute approximate surface area is 363 Å². The molecule has 0 spiro atoms. The van der Waals surface area contributed by atoms with Gasteiger partial charge in [0.15, 0.2) is 0 Å². The normalized spacial score (nSPS) is 15.0. The number of nitrogens with zero attached hydrogens (tertiary/aromatic N) is 1. The minimum Gasteiger partial charge on any atom is -0.391 e. The van der Waals surface area contributed by atoms with Crippen LogP contribution in [0, 0.1) is 0 Å². The van der Waals surface area contributed by atoms with E-state index in [1.165, 1.54) is 57.8 Å². The lowest BCUT2D eigenvalue weighted by Gasteiger charge is -2.26. The fourth-order valence-corrected chi connectivity index (χ4v) is 6.94. The third-order valence-corrected chi connectivity index (χ3v) is 10.9. The molecule has 0 aliphatic rings. The summed E-state index contributed by atoms with van der Waals surface area (Å²) in [4.78, 5) is 22.9. The third-order valence-electron chi connectivity index (χ3n) is 9.91. The number of nitrogens with one attached hydrogen (secondary N) is 1. The number of hydrogen-bond acceptors (Lipinski definition) is 5. The average molecular weight is 846 g/mol. The van der Waals surface area contributed by atoms with E-state index in [0.29, 0.717) is 23.9 Å². The van der Waals surface area contributed by atoms with Crippen LogP contribution in [0.2, 0.25) is 0 Å². The highest BCUT2D eigenvalue weighted by molar-refractivity contribution is 7.47. The van der Waals surface area contributed by atoms with E-state index < -0.39 is 20.0 Å². The number of carbonyl (C=O) groups excluding carboxylic acids is 1. The first-order valence-corrected chi connectivity index (χ1v) is 24.9. The molecule has 1 amide bonds. The van der Waals surface area contributed by atoms with Gasteiger partial charge >= 0.3 is 7.82 Å². The van der Waals surface area contributed by atoms with Crippen LogP contribution in [-0.4, -0.2) is 73.4 Å². The van der Waals surface area contributed by atoms with Crippen molar-refractivity contribution in [2.24, 2.45) is 0 Å². The highest BCUT2D eigenvalue weighted by Gasteiger charge is 2.28. The molecule has 0 aliphatic heterocycles. The molecule has 0 aromatic heterocycles. The number of aliphatic hydroxyl groups excluding tert-OH is 1. The highest BCUT2D eigenvalue weighted by atomic mass is 31.2. The lowest BCUT2D eigenvalue weighted by atomic mass is 10.0. The summed E-state index contributed by atoms with van der Waals surface area (Å²) in [6, 6.07) is -0.762. The van der Waals surface area contributed by atoms with E-state index >= 15 is 0 Å². The molecule has 59 heavy (non-hydrogen) atoms. The molecule has 0 aliphatic carbocycles. The first-order valence-electron chi connectivity index (χ1n) is 23.5. The molecular formula is C50H90N2O6P+. The van der Waals surface area contributed by atoms with E-state index in [9.17, 15) is 19.4 Å². The van der Waals surface area contributed by atoms with Gasteiger partial charge in [0, 0.05) is 6.42 Å². The molecule has 3 N–H and O–H groups in total. The number of quaternary nitrogens is 1. The number of carbonyl (C=O) groups is 1. The molecule has 340 valence electrons. The van der Waals surface area contributed by atoms with Gasteiger partial charge in [-0.3, -0.25) is 13.8 Å². The monoisotopic (exact) mass is 846 g/mol. The Morgan fingerprint density at radius 1 is 0.593 bits per heavy atom. The van der Waals surface area contributed by atoms with Gasteiger partial charge in [-0.25, -0.2) is 4.57 Å². The van der Waals surface area contributed by atoms with E-state index in [0.717, 1.165) is 89.9 Å². The second kappa shape index (κ2) is 41.1. The van der Waals surface area contributed by atoms with Crippen molar-refractivity contribution in [2.45, 2.75) is 187 Å². The zero-order chi connectivity index (χ0) is 43.6. The second-order valence-corrected chi connectivity index (χ2v) is 18.2. The van der Waals surface area contributed by atoms with Gasteiger partial charge in [0.2, 0.25) is 5.91 Å². The van der Waals surface area contributed by atoms with E-state index in [1.54, 1.807) is 0 Å². The molecular weight excluding hydrogens is 756 g/mol. The zero-order valence-corrected chi connectivity index (χ0v) is 39.4. The molecule has 0 aromatic carbocycles. The van der Waals surface area contributed by atoms with Gasteiger partial charge in [-0.1, -0.05) is 182 Å². The van der Waals surface area contributed by atoms with Crippen LogP contribution in [0.5, 0.6) is 0 Å². The van der Waals surface area contributed by atoms with Crippen LogP contribution in [-0.2, 0) is 18.4 Å². The third kappa shape index (κ3) is 43.6. The maximum atomic E-state index is 12.8. The Morgan fingerprint density at radius 2 is 1.02 bits per heavy atom. The smallest absolute Gasteiger partial charge is 0.391 e. The summed E-state index contributed by atoms with van der Waals surface area (Å²) in [5.41, 5.74) is 0. The van der Waals surface area contributed by atoms with Gasteiger partial charge in [0.05, 0.1) is 39.9 Å². The van der Waals surface area contributed by atoms with Gasteiger partial charge in [0.1, 0.15) is 13.2 Å². The summed E-state index contributed by atoms with van der Waals surface area (Å²) in [7, 11) is 1.59. The number of aliphatic hydroxyl groups is 1. The first kappa shape index (κ1) is 56.7. The number of rotatable bonds is 41. The molecule has 0 fully saturated rings. The topological polar surface area (TPSA) is 105 Å². The Hall–Kier alpha value is -2.32. The summed E-state index contributed by atoms with van der Waals surface area (Å²) in [5.74, 6) is -0.162. The maximum absolute atomic E-state index is 12.8. The minimum atomic E-state index is -4.30. The number of amides is 1. The van der Waals surface area contributed by atoms with Crippen LogP contribution in [0.1, 0.15) is 174 Å². The minimum absolute atomic E-state index is 0.0691. The summed E-state index contributed by atoms with van der Waals surface area (Å²) in [5, 5.41) is 13.7. The molecule has 3 unspecified atom stereocenters. The number of phosphoric acid groups is 1. The predicted octanol–water partition coefficient (Wildman–Crippen LogP) is 13.4. The predicted molar refractivity (Wildman–Crippen MR) is 253 cm³/mol. The molecule has 0 saturated heterocycles. The Morgan fingerprint density at radius 3 is 1.47 bits per heavy atom. The largest absolute Gasteiger partial charge is 0.472 e. The van der Waals surface area contributed by atoms with Crippen molar-refractivity contribution >= 4 is 13.7 Å². The van der Waals surface area contributed by atoms with E-state index in [1.807, 2.05) is 21.1 Å². The van der Waals surface area contributed by atoms with Crippen LogP contribution in [0.4, 0.5) is 0 Å². The molecule has 3 atom stereocenters. The van der Waals surface area contributed by atoms with Crippen molar-refractivity contribution in [3.63, 3.8) is 0 Å². The van der Waals surface area contributed by atoms with Crippen LogP contribution in [0.25, 0.3) is 0 Å². The standard InChI is InChI=1S/C50H89N2O6P/c1-6-8-10-12-13-14-15-16-17-18-19-20-21-22-23-24-25-26-27-28-29-30-31-32-33-34-35-36-37-38-39-40-42-44-50(54)51-48(49(53)43-41-11-9-7-2)47-58-59(55,56)57-46-45-52(3,4)5/h8,10,13-14,16-17,19-20,22-23,25-26,28-29,48-49,53H,6-7,9,11-12,15,18,21,24,27,30-47H2,1-5H3,(H-,51,54,55,56)/p+1/b10-8-,14-13-,17-16-,20-19-,23-22-,26-25-,29-28-. The van der Waals surface area contributed by atoms with Gasteiger partial charge in [-0.15, -0.1) is 0 Å². The second-order valence-electron chi connectivity index (χ2n) is 16.8. The van der Waals surface area contributed by atoms with E-state index in [2.05, 4.69) is 104 Å². The fourth-order valence-electron chi connectivity index (χ4n) is 6.20. The Balaban J connectivity index is 3.91. The Bertz CT molecular complexity index is 1230. The van der Waals surface area contributed by atoms with Crippen LogP contribution in [0.3, 0.4) is 0 Å². The molecule has 0 rings (SSSR count). The van der Waals surface area contributed by atoms with Crippen LogP contribution >= 0.6 is 7.82 Å².